The molecule has 9 aromatic heterocycles. The van der Waals surface area contributed by atoms with Gasteiger partial charge < -0.3 is 68.1 Å². The highest BCUT2D eigenvalue weighted by molar-refractivity contribution is 6.31. The number of aryl methyl sites for hydroxylation is 1. The van der Waals surface area contributed by atoms with Crippen LogP contribution in [0.15, 0.2) is 115 Å². The first kappa shape index (κ1) is 83.7. The predicted molar refractivity (Wildman–Crippen MR) is 374 cm³/mol. The first-order chi connectivity index (χ1) is 45.7. The predicted octanol–water partition coefficient (Wildman–Crippen LogP) is 13.6. The van der Waals surface area contributed by atoms with Crippen molar-refractivity contribution in [2.75, 3.05) is 88.7 Å². The molecule has 4 N–H and O–H groups in total. The molecule has 9 heterocycles. The molecular formula is C69H90Cl2FN11O13. The van der Waals surface area contributed by atoms with Gasteiger partial charge in [0.2, 0.25) is 35.3 Å². The number of nitrogens with two attached hydrogens (primary N) is 1. The zero-order chi connectivity index (χ0) is 72.5. The summed E-state index contributed by atoms with van der Waals surface area (Å²) in [5.74, 6) is 6.22. The Morgan fingerprint density at radius 2 is 0.885 bits per heavy atom. The van der Waals surface area contributed by atoms with Crippen molar-refractivity contribution in [3.8, 4) is 64.0 Å². The van der Waals surface area contributed by atoms with Crippen LogP contribution in [0.25, 0.3) is 0 Å². The highest BCUT2D eigenvalue weighted by atomic mass is 35.5. The number of nitrogens with one attached hydrogen (secondary N) is 2. The molecule has 0 radical (unpaired) electrons. The van der Waals surface area contributed by atoms with Crippen molar-refractivity contribution in [1.29, 1.82) is 0 Å². The summed E-state index contributed by atoms with van der Waals surface area (Å²) in [5.41, 5.74) is 15.9. The second-order valence-corrected chi connectivity index (χ2v) is 20.0. The third-order valence-electron chi connectivity index (χ3n) is 13.1. The highest BCUT2D eigenvalue weighted by Gasteiger charge is 2.10. The Morgan fingerprint density at radius 3 is 1.32 bits per heavy atom. The number of halogens is 3. The number of methoxy groups -OCH3 is 9. The molecule has 0 spiro atoms. The van der Waals surface area contributed by atoms with Crippen LogP contribution in [0.5, 0.6) is 64.0 Å². The molecule has 0 bridgehead atoms. The summed E-state index contributed by atoms with van der Waals surface area (Å²) >= 11 is 11.5. The minimum atomic E-state index is -0.473. The lowest BCUT2D eigenvalue weighted by Crippen LogP contribution is -2.05. The first-order valence-corrected chi connectivity index (χ1v) is 29.9. The second-order valence-electron chi connectivity index (χ2n) is 19.2. The van der Waals surface area contributed by atoms with E-state index in [4.69, 9.17) is 81.0 Å². The maximum Gasteiger partial charge on any atom is 0.308 e. The molecule has 96 heavy (non-hydrogen) atoms. The van der Waals surface area contributed by atoms with Crippen LogP contribution in [0.1, 0.15) is 69.6 Å². The number of rotatable bonds is 13. The van der Waals surface area contributed by atoms with Gasteiger partial charge in [0, 0.05) is 126 Å². The van der Waals surface area contributed by atoms with Gasteiger partial charge in [0.05, 0.1) is 92.3 Å². The van der Waals surface area contributed by atoms with Crippen molar-refractivity contribution in [3.63, 3.8) is 0 Å². The quantitative estimate of drug-likeness (QED) is 0.0714. The SMILES string of the molecule is CCOc1ccnc(OC)c1C.CNc1ccnc(OC)c1C.COc1[nH]ccc(=O)c1C.COc1ccnc(C)c1C.COc1ccnc(Cl)c1C.COc1ccnc(F)c1C.COc1nccc(Cl)c1C.COc1nccc(N)c1C.COc1nccc(OC(C)=O)c1C. The van der Waals surface area contributed by atoms with Crippen LogP contribution in [-0.4, -0.2) is 128 Å². The van der Waals surface area contributed by atoms with Crippen LogP contribution in [0.3, 0.4) is 0 Å². The summed E-state index contributed by atoms with van der Waals surface area (Å²) in [6, 6.07) is 15.6. The minimum Gasteiger partial charge on any atom is -0.496 e. The van der Waals surface area contributed by atoms with Gasteiger partial charge in [0.15, 0.2) is 11.3 Å². The van der Waals surface area contributed by atoms with E-state index >= 15 is 0 Å². The van der Waals surface area contributed by atoms with E-state index in [1.54, 1.807) is 137 Å². The molecule has 9 rings (SSSR count). The molecule has 0 saturated heterocycles. The molecule has 0 amide bonds. The van der Waals surface area contributed by atoms with E-state index in [9.17, 15) is 14.0 Å². The van der Waals surface area contributed by atoms with Gasteiger partial charge in [-0.2, -0.15) is 4.39 Å². The summed E-state index contributed by atoms with van der Waals surface area (Å²) in [5, 5.41) is 4.24. The lowest BCUT2D eigenvalue weighted by atomic mass is 10.2. The lowest BCUT2D eigenvalue weighted by Gasteiger charge is -2.08. The van der Waals surface area contributed by atoms with Gasteiger partial charge in [-0.1, -0.05) is 23.2 Å². The number of carbonyl (C=O) groups is 1. The molecule has 0 aromatic carbocycles. The fourth-order valence-corrected chi connectivity index (χ4v) is 7.72. The van der Waals surface area contributed by atoms with E-state index in [0.29, 0.717) is 80.4 Å². The molecule has 27 heteroatoms. The van der Waals surface area contributed by atoms with Crippen molar-refractivity contribution >= 4 is 40.5 Å². The van der Waals surface area contributed by atoms with Gasteiger partial charge >= 0.3 is 5.97 Å². The molecule has 9 aromatic rings. The summed E-state index contributed by atoms with van der Waals surface area (Å²) < 4.78 is 67.6. The number of pyridine rings is 9. The molecule has 0 fully saturated rings. The Labute approximate surface area is 572 Å². The largest absolute Gasteiger partial charge is 0.496 e. The maximum absolute atomic E-state index is 12.6. The van der Waals surface area contributed by atoms with Gasteiger partial charge in [-0.15, -0.1) is 0 Å². The number of aromatic nitrogens is 9. The molecule has 0 unspecified atom stereocenters. The third kappa shape index (κ3) is 28.1. The van der Waals surface area contributed by atoms with Crippen LogP contribution in [0, 0.1) is 75.2 Å². The lowest BCUT2D eigenvalue weighted by molar-refractivity contribution is -0.131. The Bertz CT molecular complexity index is 3530. The van der Waals surface area contributed by atoms with Crippen molar-refractivity contribution < 1.29 is 61.3 Å². The van der Waals surface area contributed by atoms with Crippen LogP contribution >= 0.6 is 23.2 Å². The topological polar surface area (TPSA) is 293 Å². The summed E-state index contributed by atoms with van der Waals surface area (Å²) in [6.45, 7) is 22.6. The van der Waals surface area contributed by atoms with Gasteiger partial charge in [0.1, 0.15) is 33.9 Å². The summed E-state index contributed by atoms with van der Waals surface area (Å²) in [4.78, 5) is 55.7. The average molecular weight is 1370 g/mol. The molecule has 520 valence electrons. The zero-order valence-electron chi connectivity index (χ0n) is 58.7. The number of aromatic amines is 1. The number of hydrogen-bond acceptors (Lipinski definition) is 23. The van der Waals surface area contributed by atoms with Crippen molar-refractivity contribution in [3.05, 3.63) is 192 Å². The van der Waals surface area contributed by atoms with Crippen molar-refractivity contribution in [2.45, 2.75) is 83.1 Å². The number of nitrogens with zero attached hydrogens (tertiary/aromatic N) is 8. The normalized spacial score (nSPS) is 9.47. The van der Waals surface area contributed by atoms with Gasteiger partial charge in [-0.3, -0.25) is 14.6 Å². The fourth-order valence-electron chi connectivity index (χ4n) is 7.44. The number of H-pyrrole nitrogens is 1. The number of anilines is 2. The number of nitrogen functional groups attached to an aromatic ring is 1. The minimum absolute atomic E-state index is 0.00407. The molecule has 0 aliphatic heterocycles. The van der Waals surface area contributed by atoms with Crippen LogP contribution < -0.4 is 68.6 Å². The van der Waals surface area contributed by atoms with Crippen LogP contribution in [-0.2, 0) is 4.79 Å². The van der Waals surface area contributed by atoms with E-state index in [2.05, 4.69) is 50.2 Å². The van der Waals surface area contributed by atoms with Crippen molar-refractivity contribution in [1.82, 2.24) is 44.9 Å². The third-order valence-corrected chi connectivity index (χ3v) is 13.9. The summed E-state index contributed by atoms with van der Waals surface area (Å²) in [6.07, 6.45) is 14.5. The zero-order valence-corrected chi connectivity index (χ0v) is 60.2. The smallest absolute Gasteiger partial charge is 0.308 e. The molecule has 0 atom stereocenters. The van der Waals surface area contributed by atoms with Crippen LogP contribution in [0.2, 0.25) is 10.2 Å². The van der Waals surface area contributed by atoms with Gasteiger partial charge in [0.25, 0.3) is 0 Å². The maximum atomic E-state index is 12.6. The highest BCUT2D eigenvalue weighted by Crippen LogP contribution is 2.27. The molecule has 0 aliphatic rings. The molecule has 0 saturated carbocycles. The Hall–Kier alpha value is -10.3. The summed E-state index contributed by atoms with van der Waals surface area (Å²) in [7, 11) is 16.1. The van der Waals surface area contributed by atoms with Crippen molar-refractivity contribution in [2.24, 2.45) is 0 Å². The van der Waals surface area contributed by atoms with Gasteiger partial charge in [-0.25, -0.2) is 34.9 Å². The molecule has 0 aliphatic carbocycles. The molecule has 24 nitrogen and oxygen atoms in total. The van der Waals surface area contributed by atoms with E-state index in [1.165, 1.54) is 46.7 Å². The van der Waals surface area contributed by atoms with E-state index < -0.39 is 5.95 Å². The number of ether oxygens (including phenoxy) is 11. The van der Waals surface area contributed by atoms with E-state index in [1.807, 2.05) is 80.6 Å². The Kier molecular flexibility index (Phi) is 40.1. The van der Waals surface area contributed by atoms with Crippen LogP contribution in [0.4, 0.5) is 15.8 Å². The number of carbonyl (C=O) groups excluding carboxylic acids is 1. The van der Waals surface area contributed by atoms with Gasteiger partial charge in [-0.05, 0) is 125 Å². The van der Waals surface area contributed by atoms with E-state index in [-0.39, 0.29) is 11.4 Å². The van der Waals surface area contributed by atoms with E-state index in [0.717, 1.165) is 67.6 Å². The molecular weight excluding hydrogens is 1280 g/mol. The second kappa shape index (κ2) is 45.9. The fraction of sp³-hybridized carbons (Fsp3) is 0.333. The Balaban J connectivity index is 0.000000541. The average Bonchev–Trinajstić information content (AvgIpc) is 3.11. The monoisotopic (exact) mass is 1370 g/mol. The number of esters is 1. The Morgan fingerprint density at radius 1 is 0.469 bits per heavy atom. The first-order valence-electron chi connectivity index (χ1n) is 29.1. The number of hydrogen-bond donors (Lipinski definition) is 3. The standard InChI is InChI=1S/C9H11NO3.C9H13NO2.C8H12N2O.C8H11NO.2C7H8ClNO.C7H8FNO.C7H10N2O.C7H9NO2/c1-6-8(13-7(2)11)4-5-10-9(6)12-3;1-4-12-8-5-6-10-9(11-3)7(8)2;1-6-7(9-2)4-5-10-8(6)11-3;1-6-7(2)9-5-4-8(6)10-3;1-5-6(10-2)3-4-9-7(5)8;1-5-6(8)3-4-9-7(5)10-2;1-5-6(10-2)3-4-9-7(5)8;1-5-6(8)3-4-9-7(5)10-2;1-5-6(9)3-4-8-7(5)10-2/h4-5H,1-3H3;5-6H,4H2,1-3H3;4-5H,1-3H3,(H,9,10);4-5H,1-3H3;3*3-4H,1-2H3;3-4H,1-2H3,(H2,8,9);3-4H,1-2H3,(H,8,9).